The third-order valence-corrected chi connectivity index (χ3v) is 4.37. The molecule has 0 saturated carbocycles. The minimum Gasteiger partial charge on any atom is -0.326 e. The number of aryl methyl sites for hydroxylation is 1. The molecule has 1 unspecified atom stereocenters. The maximum Gasteiger partial charge on any atom is 0.229 e. The van der Waals surface area contributed by atoms with Gasteiger partial charge >= 0.3 is 0 Å². The van der Waals surface area contributed by atoms with E-state index in [2.05, 4.69) is 5.32 Å². The molecule has 0 radical (unpaired) electrons. The second-order valence-corrected chi connectivity index (χ2v) is 6.37. The van der Waals surface area contributed by atoms with Crippen LogP contribution < -0.4 is 10.2 Å². The molecule has 0 aliphatic carbocycles. The van der Waals surface area contributed by atoms with E-state index >= 15 is 0 Å². The van der Waals surface area contributed by atoms with E-state index in [0.29, 0.717) is 17.8 Å². The molecule has 2 aromatic carbocycles. The van der Waals surface area contributed by atoms with Gasteiger partial charge in [0.05, 0.1) is 5.92 Å². The third-order valence-electron chi connectivity index (χ3n) is 4.37. The zero-order valence-corrected chi connectivity index (χ0v) is 14.3. The summed E-state index contributed by atoms with van der Waals surface area (Å²) in [5.74, 6) is -0.634. The maximum absolute atomic E-state index is 12.5. The molecule has 5 heteroatoms. The van der Waals surface area contributed by atoms with E-state index in [1.165, 1.54) is 6.92 Å². The van der Waals surface area contributed by atoms with Gasteiger partial charge < -0.3 is 10.2 Å². The van der Waals surface area contributed by atoms with Crippen LogP contribution in [0.15, 0.2) is 48.5 Å². The molecule has 2 amide bonds. The Hall–Kier alpha value is -2.95. The molecule has 0 aromatic heterocycles. The molecule has 0 bridgehead atoms. The van der Waals surface area contributed by atoms with Crippen molar-refractivity contribution < 1.29 is 14.4 Å². The van der Waals surface area contributed by atoms with Crippen LogP contribution >= 0.6 is 0 Å². The summed E-state index contributed by atoms with van der Waals surface area (Å²) in [4.78, 5) is 37.7. The fourth-order valence-corrected chi connectivity index (χ4v) is 2.96. The number of anilines is 2. The first-order valence-electron chi connectivity index (χ1n) is 8.23. The Labute approximate surface area is 146 Å². The highest BCUT2D eigenvalue weighted by Gasteiger charge is 2.35. The van der Waals surface area contributed by atoms with Crippen molar-refractivity contribution in [3.05, 3.63) is 59.7 Å². The summed E-state index contributed by atoms with van der Waals surface area (Å²) < 4.78 is 0. The lowest BCUT2D eigenvalue weighted by Crippen LogP contribution is -2.28. The van der Waals surface area contributed by atoms with Crippen LogP contribution in [-0.2, 0) is 9.59 Å². The molecule has 1 aliphatic rings. The summed E-state index contributed by atoms with van der Waals surface area (Å²) in [6.07, 6.45) is 0.200. The molecule has 5 nitrogen and oxygen atoms in total. The van der Waals surface area contributed by atoms with Crippen LogP contribution in [0.5, 0.6) is 0 Å². The normalized spacial score (nSPS) is 16.8. The first-order valence-corrected chi connectivity index (χ1v) is 8.23. The molecule has 1 fully saturated rings. The van der Waals surface area contributed by atoms with Gasteiger partial charge in [-0.05, 0) is 55.8 Å². The van der Waals surface area contributed by atoms with Crippen molar-refractivity contribution in [3.8, 4) is 0 Å². The molecular formula is C20H20N2O3. The summed E-state index contributed by atoms with van der Waals surface area (Å²) in [6.45, 7) is 3.84. The van der Waals surface area contributed by atoms with Crippen molar-refractivity contribution in [2.24, 2.45) is 5.92 Å². The summed E-state index contributed by atoms with van der Waals surface area (Å²) in [6, 6.07) is 14.5. The second-order valence-electron chi connectivity index (χ2n) is 6.37. The minimum absolute atomic E-state index is 0.0203. The lowest BCUT2D eigenvalue weighted by Gasteiger charge is -2.17. The van der Waals surface area contributed by atoms with Gasteiger partial charge in [0.1, 0.15) is 0 Å². The standard InChI is InChI=1S/C20H20N2O3/c1-13-4-3-5-18(10-13)22-12-16(11-19(22)24)20(25)21-17-8-6-15(7-9-17)14(2)23/h3-10,16H,11-12H2,1-2H3,(H,21,25). The van der Waals surface area contributed by atoms with E-state index in [1.807, 2.05) is 31.2 Å². The first-order chi connectivity index (χ1) is 11.9. The molecule has 2 aromatic rings. The quantitative estimate of drug-likeness (QED) is 0.872. The van der Waals surface area contributed by atoms with Gasteiger partial charge in [0.2, 0.25) is 11.8 Å². The number of carbonyl (C=O) groups is 3. The molecule has 0 spiro atoms. The number of hydrogen-bond acceptors (Lipinski definition) is 3. The van der Waals surface area contributed by atoms with E-state index in [4.69, 9.17) is 0 Å². The Kier molecular flexibility index (Phi) is 4.65. The highest BCUT2D eigenvalue weighted by atomic mass is 16.2. The van der Waals surface area contributed by atoms with Crippen LogP contribution in [0.3, 0.4) is 0 Å². The van der Waals surface area contributed by atoms with Crippen LogP contribution in [0.2, 0.25) is 0 Å². The fourth-order valence-electron chi connectivity index (χ4n) is 2.96. The van der Waals surface area contributed by atoms with E-state index in [0.717, 1.165) is 11.3 Å². The minimum atomic E-state index is -0.388. The van der Waals surface area contributed by atoms with Crippen molar-refractivity contribution in [3.63, 3.8) is 0 Å². The molecule has 128 valence electrons. The Morgan fingerprint density at radius 3 is 2.48 bits per heavy atom. The van der Waals surface area contributed by atoms with E-state index in [1.54, 1.807) is 29.2 Å². The molecule has 1 N–H and O–H groups in total. The van der Waals surface area contributed by atoms with Gasteiger partial charge in [-0.2, -0.15) is 0 Å². The highest BCUT2D eigenvalue weighted by Crippen LogP contribution is 2.26. The van der Waals surface area contributed by atoms with Gasteiger partial charge in [-0.15, -0.1) is 0 Å². The average molecular weight is 336 g/mol. The van der Waals surface area contributed by atoms with Crippen LogP contribution in [-0.4, -0.2) is 24.1 Å². The van der Waals surface area contributed by atoms with Crippen LogP contribution in [0.1, 0.15) is 29.3 Å². The summed E-state index contributed by atoms with van der Waals surface area (Å²) in [5, 5.41) is 2.82. The number of ketones is 1. The number of amides is 2. The lowest BCUT2D eigenvalue weighted by molar-refractivity contribution is -0.122. The van der Waals surface area contributed by atoms with Crippen molar-refractivity contribution >= 4 is 29.0 Å². The van der Waals surface area contributed by atoms with Crippen molar-refractivity contribution in [1.82, 2.24) is 0 Å². The Morgan fingerprint density at radius 1 is 1.12 bits per heavy atom. The highest BCUT2D eigenvalue weighted by molar-refractivity contribution is 6.03. The number of Topliss-reactive ketones (excluding diaryl/α,β-unsaturated/α-hetero) is 1. The molecular weight excluding hydrogens is 316 g/mol. The number of hydrogen-bond donors (Lipinski definition) is 1. The largest absolute Gasteiger partial charge is 0.326 e. The summed E-state index contributed by atoms with van der Waals surface area (Å²) in [5.41, 5.74) is 3.12. The Balaban J connectivity index is 1.67. The number of carbonyl (C=O) groups excluding carboxylic acids is 3. The van der Waals surface area contributed by atoms with Crippen LogP contribution in [0.4, 0.5) is 11.4 Å². The van der Waals surface area contributed by atoms with Crippen LogP contribution in [0.25, 0.3) is 0 Å². The van der Waals surface area contributed by atoms with Gasteiger partial charge in [-0.25, -0.2) is 0 Å². The van der Waals surface area contributed by atoms with Gasteiger partial charge in [0.15, 0.2) is 5.78 Å². The Morgan fingerprint density at radius 2 is 1.84 bits per heavy atom. The smallest absolute Gasteiger partial charge is 0.229 e. The van der Waals surface area contributed by atoms with E-state index in [9.17, 15) is 14.4 Å². The first kappa shape index (κ1) is 16.9. The Bertz CT molecular complexity index is 827. The van der Waals surface area contributed by atoms with Crippen molar-refractivity contribution in [1.29, 1.82) is 0 Å². The number of nitrogens with one attached hydrogen (secondary N) is 1. The van der Waals surface area contributed by atoms with Gasteiger partial charge in [-0.3, -0.25) is 14.4 Å². The monoisotopic (exact) mass is 336 g/mol. The topological polar surface area (TPSA) is 66.5 Å². The summed E-state index contributed by atoms with van der Waals surface area (Å²) >= 11 is 0. The molecule has 1 saturated heterocycles. The fraction of sp³-hybridized carbons (Fsp3) is 0.250. The third kappa shape index (κ3) is 3.76. The average Bonchev–Trinajstić information content (AvgIpc) is 2.97. The van der Waals surface area contributed by atoms with Crippen LogP contribution in [0, 0.1) is 12.8 Å². The molecule has 1 atom stereocenters. The van der Waals surface area contributed by atoms with Crippen molar-refractivity contribution in [2.45, 2.75) is 20.3 Å². The van der Waals surface area contributed by atoms with E-state index < -0.39 is 0 Å². The zero-order chi connectivity index (χ0) is 18.0. The molecule has 3 rings (SSSR count). The second kappa shape index (κ2) is 6.89. The molecule has 1 heterocycles. The predicted octanol–water partition coefficient (Wildman–Crippen LogP) is 3.19. The number of benzene rings is 2. The maximum atomic E-state index is 12.5. The SMILES string of the molecule is CC(=O)c1ccc(NC(=O)C2CC(=O)N(c3cccc(C)c3)C2)cc1. The summed E-state index contributed by atoms with van der Waals surface area (Å²) in [7, 11) is 0. The van der Waals surface area contributed by atoms with Crippen molar-refractivity contribution in [2.75, 3.05) is 16.8 Å². The molecule has 1 aliphatic heterocycles. The molecule has 25 heavy (non-hydrogen) atoms. The van der Waals surface area contributed by atoms with E-state index in [-0.39, 0.29) is 29.9 Å². The lowest BCUT2D eigenvalue weighted by atomic mass is 10.1. The number of nitrogens with zero attached hydrogens (tertiary/aromatic N) is 1. The van der Waals surface area contributed by atoms with Gasteiger partial charge in [0.25, 0.3) is 0 Å². The van der Waals surface area contributed by atoms with Gasteiger partial charge in [0, 0.05) is 29.9 Å². The number of rotatable bonds is 4. The zero-order valence-electron chi connectivity index (χ0n) is 14.3. The van der Waals surface area contributed by atoms with Gasteiger partial charge in [-0.1, -0.05) is 12.1 Å². The predicted molar refractivity (Wildman–Crippen MR) is 96.7 cm³/mol.